The van der Waals surface area contributed by atoms with E-state index in [2.05, 4.69) is 5.32 Å². The van der Waals surface area contributed by atoms with E-state index in [0.717, 1.165) is 39.0 Å². The molecule has 0 spiro atoms. The first-order valence-electron chi connectivity index (χ1n) is 9.38. The van der Waals surface area contributed by atoms with Crippen LogP contribution in [-0.4, -0.2) is 32.7 Å². The summed E-state index contributed by atoms with van der Waals surface area (Å²) in [5.74, 6) is -0.870. The Morgan fingerprint density at radius 2 is 1.68 bits per heavy atom. The second kappa shape index (κ2) is 7.98. The lowest BCUT2D eigenvalue weighted by Crippen LogP contribution is -2.23. The molecule has 1 aromatic heterocycles. The van der Waals surface area contributed by atoms with Gasteiger partial charge in [-0.3, -0.25) is 4.79 Å². The van der Waals surface area contributed by atoms with E-state index in [0.29, 0.717) is 11.4 Å². The smallest absolute Gasteiger partial charge is 0.258 e. The van der Waals surface area contributed by atoms with E-state index < -0.39 is 21.7 Å². The van der Waals surface area contributed by atoms with Crippen molar-refractivity contribution in [2.75, 3.05) is 19.4 Å². The van der Waals surface area contributed by atoms with Crippen molar-refractivity contribution in [1.29, 1.82) is 0 Å². The van der Waals surface area contributed by atoms with Crippen LogP contribution in [0.1, 0.15) is 10.4 Å². The van der Waals surface area contributed by atoms with Crippen LogP contribution < -0.4 is 5.32 Å². The van der Waals surface area contributed by atoms with Crippen LogP contribution in [0, 0.1) is 5.82 Å². The number of nitrogens with one attached hydrogen (secondary N) is 1. The maximum Gasteiger partial charge on any atom is 0.258 e. The molecule has 1 N–H and O–H groups in total. The van der Waals surface area contributed by atoms with Crippen LogP contribution in [0.2, 0.25) is 0 Å². The fraction of sp³-hybridized carbons (Fsp3) is 0.0870. The molecular formula is C23H19FN2O4S. The average Bonchev–Trinajstić information content (AvgIpc) is 3.18. The van der Waals surface area contributed by atoms with Crippen LogP contribution in [0.4, 0.5) is 10.1 Å². The molecule has 0 radical (unpaired) electrons. The fourth-order valence-electron chi connectivity index (χ4n) is 3.09. The van der Waals surface area contributed by atoms with Crippen molar-refractivity contribution in [1.82, 2.24) is 4.31 Å². The number of carbonyl (C=O) groups is 1. The Labute approximate surface area is 179 Å². The third-order valence-electron chi connectivity index (χ3n) is 4.81. The van der Waals surface area contributed by atoms with Crippen molar-refractivity contribution < 1.29 is 22.0 Å². The second-order valence-electron chi connectivity index (χ2n) is 7.11. The molecule has 158 valence electrons. The molecule has 0 atom stereocenters. The highest BCUT2D eigenvalue weighted by atomic mass is 32.2. The Balaban J connectivity index is 1.56. The molecule has 0 fully saturated rings. The molecule has 3 aromatic carbocycles. The summed E-state index contributed by atoms with van der Waals surface area (Å²) in [6.45, 7) is 0. The minimum absolute atomic E-state index is 0.163. The molecule has 4 aromatic rings. The molecule has 0 saturated carbocycles. The first-order chi connectivity index (χ1) is 14.8. The summed E-state index contributed by atoms with van der Waals surface area (Å²) in [6, 6.07) is 19.6. The Kier molecular flexibility index (Phi) is 5.34. The maximum atomic E-state index is 14.2. The predicted molar refractivity (Wildman–Crippen MR) is 117 cm³/mol. The Morgan fingerprint density at radius 1 is 0.968 bits per heavy atom. The van der Waals surface area contributed by atoms with E-state index in [1.165, 1.54) is 14.1 Å². The highest BCUT2D eigenvalue weighted by Crippen LogP contribution is 2.28. The number of halogens is 1. The van der Waals surface area contributed by atoms with Gasteiger partial charge in [0, 0.05) is 30.7 Å². The van der Waals surface area contributed by atoms with E-state index in [9.17, 15) is 17.6 Å². The average molecular weight is 438 g/mol. The van der Waals surface area contributed by atoms with Crippen molar-refractivity contribution in [2.24, 2.45) is 0 Å². The van der Waals surface area contributed by atoms with Crippen molar-refractivity contribution in [3.05, 3.63) is 84.2 Å². The minimum atomic E-state index is -3.79. The normalized spacial score (nSPS) is 11.7. The number of amides is 1. The number of rotatable bonds is 5. The molecule has 31 heavy (non-hydrogen) atoms. The van der Waals surface area contributed by atoms with Crippen LogP contribution in [-0.2, 0) is 10.0 Å². The largest absolute Gasteiger partial charge is 0.456 e. The monoisotopic (exact) mass is 438 g/mol. The van der Waals surface area contributed by atoms with Crippen molar-refractivity contribution in [2.45, 2.75) is 4.90 Å². The molecule has 4 rings (SSSR count). The van der Waals surface area contributed by atoms with Gasteiger partial charge in [0.25, 0.3) is 5.91 Å². The molecule has 1 heterocycles. The molecule has 0 aliphatic heterocycles. The number of sulfonamides is 1. The van der Waals surface area contributed by atoms with Crippen LogP contribution in [0.15, 0.2) is 82.1 Å². The molecule has 0 aliphatic rings. The van der Waals surface area contributed by atoms with Gasteiger partial charge >= 0.3 is 0 Å². The summed E-state index contributed by atoms with van der Waals surface area (Å²) in [5, 5.41) is 3.58. The zero-order valence-electron chi connectivity index (χ0n) is 16.8. The van der Waals surface area contributed by atoms with E-state index >= 15 is 0 Å². The van der Waals surface area contributed by atoms with E-state index in [1.54, 1.807) is 24.3 Å². The maximum absolute atomic E-state index is 14.2. The first kappa shape index (κ1) is 20.8. The highest BCUT2D eigenvalue weighted by molar-refractivity contribution is 7.89. The number of para-hydroxylation sites is 1. The number of furan rings is 1. The number of hydrogen-bond donors (Lipinski definition) is 1. The predicted octanol–water partition coefficient (Wildman–Crippen LogP) is 4.74. The molecule has 0 unspecified atom stereocenters. The van der Waals surface area contributed by atoms with Crippen molar-refractivity contribution in [3.63, 3.8) is 0 Å². The molecule has 0 bridgehead atoms. The molecule has 8 heteroatoms. The lowest BCUT2D eigenvalue weighted by Gasteiger charge is -2.13. The zero-order chi connectivity index (χ0) is 22.2. The second-order valence-corrected chi connectivity index (χ2v) is 9.26. The molecule has 0 aliphatic carbocycles. The third-order valence-corrected chi connectivity index (χ3v) is 6.62. The van der Waals surface area contributed by atoms with Gasteiger partial charge in [0.1, 0.15) is 17.2 Å². The Hall–Kier alpha value is -3.49. The van der Waals surface area contributed by atoms with Gasteiger partial charge in [0.05, 0.1) is 10.5 Å². The topological polar surface area (TPSA) is 79.6 Å². The lowest BCUT2D eigenvalue weighted by atomic mass is 10.1. The number of carbonyl (C=O) groups excluding carboxylic acids is 1. The molecular weight excluding hydrogens is 419 g/mol. The van der Waals surface area contributed by atoms with Gasteiger partial charge in [-0.1, -0.05) is 18.2 Å². The zero-order valence-corrected chi connectivity index (χ0v) is 17.6. The van der Waals surface area contributed by atoms with E-state index in [-0.39, 0.29) is 10.5 Å². The van der Waals surface area contributed by atoms with Gasteiger partial charge in [-0.2, -0.15) is 0 Å². The Morgan fingerprint density at radius 3 is 2.35 bits per heavy atom. The minimum Gasteiger partial charge on any atom is -0.456 e. The van der Waals surface area contributed by atoms with Crippen LogP contribution in [0.5, 0.6) is 0 Å². The molecule has 6 nitrogen and oxygen atoms in total. The number of benzene rings is 3. The molecule has 1 amide bonds. The summed E-state index contributed by atoms with van der Waals surface area (Å²) >= 11 is 0. The van der Waals surface area contributed by atoms with Crippen molar-refractivity contribution in [3.8, 4) is 11.3 Å². The number of anilines is 1. The number of hydrogen-bond acceptors (Lipinski definition) is 4. The number of nitrogens with zero attached hydrogens (tertiary/aromatic N) is 1. The summed E-state index contributed by atoms with van der Waals surface area (Å²) in [4.78, 5) is 12.4. The summed E-state index contributed by atoms with van der Waals surface area (Å²) in [5.41, 5.74) is 1.67. The van der Waals surface area contributed by atoms with Crippen LogP contribution >= 0.6 is 0 Å². The van der Waals surface area contributed by atoms with Gasteiger partial charge in [-0.15, -0.1) is 0 Å². The van der Waals surface area contributed by atoms with Gasteiger partial charge in [0.15, 0.2) is 0 Å². The SMILES string of the molecule is CN(C)S(=O)(=O)c1ccc(F)c(C(=O)Nc2ccc(-c3cc4ccccc4o3)cc2)c1. The summed E-state index contributed by atoms with van der Waals surface area (Å²) in [6.07, 6.45) is 0. The Bertz CT molecular complexity index is 1340. The van der Waals surface area contributed by atoms with Gasteiger partial charge in [-0.05, 0) is 54.6 Å². The van der Waals surface area contributed by atoms with Gasteiger partial charge in [-0.25, -0.2) is 17.1 Å². The van der Waals surface area contributed by atoms with Crippen LogP contribution in [0.3, 0.4) is 0 Å². The van der Waals surface area contributed by atoms with Gasteiger partial charge < -0.3 is 9.73 Å². The summed E-state index contributed by atoms with van der Waals surface area (Å²) in [7, 11) is -1.07. The highest BCUT2D eigenvalue weighted by Gasteiger charge is 2.21. The molecule has 0 saturated heterocycles. The quantitative estimate of drug-likeness (QED) is 0.488. The standard InChI is InChI=1S/C23H19FN2O4S/c1-26(2)31(28,29)18-11-12-20(24)19(14-18)23(27)25-17-9-7-15(8-10-17)22-13-16-5-3-4-6-21(16)30-22/h3-14H,1-2H3,(H,25,27). The van der Waals surface area contributed by atoms with Crippen molar-refractivity contribution >= 4 is 32.6 Å². The van der Waals surface area contributed by atoms with E-state index in [1.807, 2.05) is 30.3 Å². The lowest BCUT2D eigenvalue weighted by molar-refractivity contribution is 0.102. The van der Waals surface area contributed by atoms with E-state index in [4.69, 9.17) is 4.42 Å². The third kappa shape index (κ3) is 4.08. The van der Waals surface area contributed by atoms with Gasteiger partial charge in [0.2, 0.25) is 10.0 Å². The number of fused-ring (bicyclic) bond motifs is 1. The first-order valence-corrected chi connectivity index (χ1v) is 10.8. The summed E-state index contributed by atoms with van der Waals surface area (Å²) < 4.78 is 45.6. The fourth-order valence-corrected chi connectivity index (χ4v) is 4.02. The van der Waals surface area contributed by atoms with Crippen LogP contribution in [0.25, 0.3) is 22.3 Å².